The summed E-state index contributed by atoms with van der Waals surface area (Å²) in [5.41, 5.74) is -0.182. The summed E-state index contributed by atoms with van der Waals surface area (Å²) >= 11 is 0. The molecule has 4 heteroatoms. The Morgan fingerprint density at radius 1 is 1.42 bits per heavy atom. The van der Waals surface area contributed by atoms with Crippen LogP contribution in [0.5, 0.6) is 0 Å². The third kappa shape index (κ3) is 2.42. The number of methoxy groups -OCH3 is 1. The standard InChI is InChI=1S/C8H16O4/c1-10-4-2-8(6-11-7-8)12-5-3-9/h9H,2-7H2,1H3. The Kier molecular flexibility index (Phi) is 3.94. The lowest BCUT2D eigenvalue weighted by Gasteiger charge is -2.40. The third-order valence-electron chi connectivity index (χ3n) is 1.99. The van der Waals surface area contributed by atoms with E-state index in [4.69, 9.17) is 19.3 Å². The molecule has 12 heavy (non-hydrogen) atoms. The fourth-order valence-electron chi connectivity index (χ4n) is 1.18. The van der Waals surface area contributed by atoms with Crippen LogP contribution in [-0.4, -0.2) is 50.9 Å². The van der Waals surface area contributed by atoms with Gasteiger partial charge < -0.3 is 19.3 Å². The van der Waals surface area contributed by atoms with Crippen molar-refractivity contribution in [3.8, 4) is 0 Å². The van der Waals surface area contributed by atoms with Crippen molar-refractivity contribution in [2.24, 2.45) is 0 Å². The SMILES string of the molecule is COCCC1(OCCO)COC1. The molecule has 0 amide bonds. The normalized spacial score (nSPS) is 20.5. The first kappa shape index (κ1) is 9.92. The Balaban J connectivity index is 2.19. The zero-order valence-electron chi connectivity index (χ0n) is 7.41. The molecule has 72 valence electrons. The van der Waals surface area contributed by atoms with E-state index in [0.29, 0.717) is 26.4 Å². The van der Waals surface area contributed by atoms with Crippen LogP contribution in [0.25, 0.3) is 0 Å². The summed E-state index contributed by atoms with van der Waals surface area (Å²) in [5.74, 6) is 0. The molecule has 1 heterocycles. The van der Waals surface area contributed by atoms with Gasteiger partial charge in [-0.15, -0.1) is 0 Å². The molecule has 4 nitrogen and oxygen atoms in total. The van der Waals surface area contributed by atoms with Crippen molar-refractivity contribution in [2.45, 2.75) is 12.0 Å². The number of rotatable bonds is 6. The maximum Gasteiger partial charge on any atom is 0.117 e. The van der Waals surface area contributed by atoms with E-state index in [0.717, 1.165) is 6.42 Å². The first-order chi connectivity index (χ1) is 5.83. The zero-order chi connectivity index (χ0) is 8.86. The van der Waals surface area contributed by atoms with E-state index in [1.165, 1.54) is 0 Å². The maximum absolute atomic E-state index is 8.58. The van der Waals surface area contributed by atoms with Gasteiger partial charge in [0.1, 0.15) is 5.60 Å². The van der Waals surface area contributed by atoms with Crippen LogP contribution in [0.15, 0.2) is 0 Å². The summed E-state index contributed by atoms with van der Waals surface area (Å²) in [4.78, 5) is 0. The van der Waals surface area contributed by atoms with Crippen molar-refractivity contribution in [1.29, 1.82) is 0 Å². The van der Waals surface area contributed by atoms with Crippen LogP contribution in [0.2, 0.25) is 0 Å². The summed E-state index contributed by atoms with van der Waals surface area (Å²) in [5, 5.41) is 8.58. The van der Waals surface area contributed by atoms with E-state index < -0.39 is 0 Å². The molecule has 1 aliphatic heterocycles. The summed E-state index contributed by atoms with van der Waals surface area (Å²) in [6.45, 7) is 2.36. The molecule has 0 radical (unpaired) electrons. The topological polar surface area (TPSA) is 47.9 Å². The Morgan fingerprint density at radius 2 is 2.17 bits per heavy atom. The molecule has 1 fully saturated rings. The first-order valence-corrected chi connectivity index (χ1v) is 4.14. The van der Waals surface area contributed by atoms with E-state index in [1.54, 1.807) is 7.11 Å². The lowest BCUT2D eigenvalue weighted by atomic mass is 9.98. The van der Waals surface area contributed by atoms with Gasteiger partial charge in [0.2, 0.25) is 0 Å². The Bertz CT molecular complexity index is 112. The van der Waals surface area contributed by atoms with Crippen LogP contribution in [0.3, 0.4) is 0 Å². The van der Waals surface area contributed by atoms with Crippen LogP contribution in [0.4, 0.5) is 0 Å². The van der Waals surface area contributed by atoms with Gasteiger partial charge in [0.25, 0.3) is 0 Å². The maximum atomic E-state index is 8.58. The Hall–Kier alpha value is -0.160. The molecular weight excluding hydrogens is 160 g/mol. The average Bonchev–Trinajstić information content (AvgIpc) is 2.02. The lowest BCUT2D eigenvalue weighted by Crippen LogP contribution is -2.53. The number of ether oxygens (including phenoxy) is 3. The smallest absolute Gasteiger partial charge is 0.117 e. The van der Waals surface area contributed by atoms with Gasteiger partial charge in [0.15, 0.2) is 0 Å². The van der Waals surface area contributed by atoms with Gasteiger partial charge in [-0.1, -0.05) is 0 Å². The molecule has 0 spiro atoms. The highest BCUT2D eigenvalue weighted by molar-refractivity contribution is 4.87. The molecule has 0 bridgehead atoms. The summed E-state index contributed by atoms with van der Waals surface area (Å²) in [6, 6.07) is 0. The monoisotopic (exact) mass is 176 g/mol. The van der Waals surface area contributed by atoms with Gasteiger partial charge in [-0.25, -0.2) is 0 Å². The molecule has 1 aliphatic rings. The molecule has 0 unspecified atom stereocenters. The fraction of sp³-hybridized carbons (Fsp3) is 1.00. The minimum absolute atomic E-state index is 0.0642. The van der Waals surface area contributed by atoms with E-state index in [-0.39, 0.29) is 12.2 Å². The van der Waals surface area contributed by atoms with E-state index >= 15 is 0 Å². The predicted molar refractivity (Wildman–Crippen MR) is 43.1 cm³/mol. The second-order valence-electron chi connectivity index (χ2n) is 2.99. The molecule has 0 saturated carbocycles. The number of hydrogen-bond donors (Lipinski definition) is 1. The molecule has 0 aromatic carbocycles. The van der Waals surface area contributed by atoms with E-state index in [1.807, 2.05) is 0 Å². The average molecular weight is 176 g/mol. The van der Waals surface area contributed by atoms with Gasteiger partial charge in [0.05, 0.1) is 26.4 Å². The predicted octanol–water partition coefficient (Wildman–Crippen LogP) is -0.199. The highest BCUT2D eigenvalue weighted by Gasteiger charge is 2.39. The van der Waals surface area contributed by atoms with Crippen LogP contribution >= 0.6 is 0 Å². The van der Waals surface area contributed by atoms with Gasteiger partial charge in [-0.3, -0.25) is 0 Å². The Labute approximate surface area is 72.4 Å². The van der Waals surface area contributed by atoms with E-state index in [9.17, 15) is 0 Å². The second-order valence-corrected chi connectivity index (χ2v) is 2.99. The molecule has 0 aromatic rings. The highest BCUT2D eigenvalue weighted by Crippen LogP contribution is 2.25. The molecule has 1 N–H and O–H groups in total. The largest absolute Gasteiger partial charge is 0.394 e. The summed E-state index contributed by atoms with van der Waals surface area (Å²) in [6.07, 6.45) is 0.837. The van der Waals surface area contributed by atoms with Crippen molar-refractivity contribution in [2.75, 3.05) is 40.1 Å². The minimum Gasteiger partial charge on any atom is -0.394 e. The quantitative estimate of drug-likeness (QED) is 0.609. The van der Waals surface area contributed by atoms with Gasteiger partial charge in [-0.2, -0.15) is 0 Å². The fourth-order valence-corrected chi connectivity index (χ4v) is 1.18. The molecule has 0 atom stereocenters. The molecule has 0 aliphatic carbocycles. The summed E-state index contributed by atoms with van der Waals surface area (Å²) < 4.78 is 15.5. The molecule has 0 aromatic heterocycles. The minimum atomic E-state index is -0.182. The second kappa shape index (κ2) is 4.77. The van der Waals surface area contributed by atoms with Crippen LogP contribution in [0.1, 0.15) is 6.42 Å². The molecular formula is C8H16O4. The summed E-state index contributed by atoms with van der Waals surface area (Å²) in [7, 11) is 1.67. The third-order valence-corrected chi connectivity index (χ3v) is 1.99. The molecule has 1 saturated heterocycles. The lowest BCUT2D eigenvalue weighted by molar-refractivity contribution is -0.219. The number of aliphatic hydroxyl groups excluding tert-OH is 1. The van der Waals surface area contributed by atoms with Crippen molar-refractivity contribution < 1.29 is 19.3 Å². The van der Waals surface area contributed by atoms with Crippen LogP contribution < -0.4 is 0 Å². The van der Waals surface area contributed by atoms with Crippen molar-refractivity contribution in [1.82, 2.24) is 0 Å². The van der Waals surface area contributed by atoms with Gasteiger partial charge >= 0.3 is 0 Å². The number of aliphatic hydroxyl groups is 1. The van der Waals surface area contributed by atoms with Crippen molar-refractivity contribution >= 4 is 0 Å². The van der Waals surface area contributed by atoms with Gasteiger partial charge in [-0.05, 0) is 0 Å². The Morgan fingerprint density at radius 3 is 2.58 bits per heavy atom. The van der Waals surface area contributed by atoms with Crippen molar-refractivity contribution in [3.63, 3.8) is 0 Å². The zero-order valence-corrected chi connectivity index (χ0v) is 7.41. The van der Waals surface area contributed by atoms with Gasteiger partial charge in [0, 0.05) is 20.1 Å². The van der Waals surface area contributed by atoms with Crippen LogP contribution in [-0.2, 0) is 14.2 Å². The highest BCUT2D eigenvalue weighted by atomic mass is 16.6. The van der Waals surface area contributed by atoms with E-state index in [2.05, 4.69) is 0 Å². The van der Waals surface area contributed by atoms with Crippen LogP contribution in [0, 0.1) is 0 Å². The first-order valence-electron chi connectivity index (χ1n) is 4.14. The number of hydrogen-bond acceptors (Lipinski definition) is 4. The molecule has 1 rings (SSSR count). The van der Waals surface area contributed by atoms with Crippen molar-refractivity contribution in [3.05, 3.63) is 0 Å².